The molecule has 0 aliphatic carbocycles. The minimum atomic E-state index is -2.45. The van der Waals surface area contributed by atoms with E-state index in [-0.39, 0.29) is 12.7 Å². The average Bonchev–Trinajstić information content (AvgIpc) is 2.47. The molecule has 0 unspecified atom stereocenters. The molecule has 0 heterocycles. The third-order valence-electron chi connectivity index (χ3n) is 2.83. The zero-order chi connectivity index (χ0) is 21.0. The molecule has 0 aromatic rings. The van der Waals surface area contributed by atoms with Crippen molar-refractivity contribution in [1.29, 1.82) is 0 Å². The van der Waals surface area contributed by atoms with E-state index in [9.17, 15) is 4.79 Å². The lowest BCUT2D eigenvalue weighted by molar-refractivity contribution is -0.314. The topological polar surface area (TPSA) is 96.2 Å². The second-order valence-corrected chi connectivity index (χ2v) is 5.97. The van der Waals surface area contributed by atoms with E-state index in [1.165, 1.54) is 5.57 Å². The Morgan fingerprint density at radius 2 is 1.54 bits per heavy atom. The second-order valence-electron chi connectivity index (χ2n) is 5.97. The van der Waals surface area contributed by atoms with E-state index >= 15 is 0 Å². The summed E-state index contributed by atoms with van der Waals surface area (Å²) in [7, 11) is 0. The summed E-state index contributed by atoms with van der Waals surface area (Å²) in [5, 5.41) is 24.4. The number of hydrogen-bond acceptors (Lipinski definition) is 6. The van der Waals surface area contributed by atoms with Crippen molar-refractivity contribution in [3.63, 3.8) is 0 Å². The van der Waals surface area contributed by atoms with Gasteiger partial charge in [-0.1, -0.05) is 24.1 Å². The second kappa shape index (κ2) is 20.3. The Labute approximate surface area is 159 Å². The van der Waals surface area contributed by atoms with Crippen LogP contribution in [0.2, 0.25) is 0 Å². The van der Waals surface area contributed by atoms with Gasteiger partial charge in [0.25, 0.3) is 5.97 Å². The highest BCUT2D eigenvalue weighted by atomic mass is 16.7. The third kappa shape index (κ3) is 34.3. The number of carbonyl (C=O) groups excluding carboxylic acids is 1. The van der Waals surface area contributed by atoms with Gasteiger partial charge in [0.2, 0.25) is 0 Å². The van der Waals surface area contributed by atoms with E-state index in [0.29, 0.717) is 6.42 Å². The van der Waals surface area contributed by atoms with Crippen molar-refractivity contribution in [2.75, 3.05) is 13.2 Å². The summed E-state index contributed by atoms with van der Waals surface area (Å²) in [4.78, 5) is 10.0. The van der Waals surface area contributed by atoms with E-state index < -0.39 is 5.97 Å². The summed E-state index contributed by atoms with van der Waals surface area (Å²) in [6.45, 7) is 15.1. The first-order valence-electron chi connectivity index (χ1n) is 9.18. The van der Waals surface area contributed by atoms with Crippen LogP contribution < -0.4 is 0 Å². The Balaban J connectivity index is -0.000000315. The van der Waals surface area contributed by atoms with Gasteiger partial charge in [0, 0.05) is 19.6 Å². The highest BCUT2D eigenvalue weighted by molar-refractivity contribution is 5.65. The number of rotatable bonds is 10. The molecule has 0 aromatic heterocycles. The standard InChI is InChI=1S/C10H16O.C6H14O2.C4H10O3/c1-9(2)5-4-6-10(3)7-8-11;1-4-7-6(3)8-5-2;1-2-3-4(5,6)7/h5,7-8H,4,6H2,1-3H3;6H,4-5H2,1-3H3;5-7H,2-3H2,1H3. The number of hydrogen-bond donors (Lipinski definition) is 3. The first-order chi connectivity index (χ1) is 12.0. The van der Waals surface area contributed by atoms with Crippen LogP contribution in [0.3, 0.4) is 0 Å². The van der Waals surface area contributed by atoms with Gasteiger partial charge in [0.05, 0.1) is 0 Å². The fourth-order valence-corrected chi connectivity index (χ4v) is 1.64. The summed E-state index contributed by atoms with van der Waals surface area (Å²) < 4.78 is 10.1. The fourth-order valence-electron chi connectivity index (χ4n) is 1.64. The average molecular weight is 377 g/mol. The molecule has 0 saturated carbocycles. The van der Waals surface area contributed by atoms with E-state index in [1.807, 2.05) is 27.7 Å². The highest BCUT2D eigenvalue weighted by Gasteiger charge is 2.14. The fraction of sp³-hybridized carbons (Fsp3) is 0.750. The summed E-state index contributed by atoms with van der Waals surface area (Å²) in [6.07, 6.45) is 7.21. The molecule has 6 heteroatoms. The van der Waals surface area contributed by atoms with Crippen molar-refractivity contribution in [1.82, 2.24) is 0 Å². The molecule has 6 nitrogen and oxygen atoms in total. The Kier molecular flexibility index (Phi) is 23.2. The molecule has 0 aliphatic heterocycles. The molecule has 0 fully saturated rings. The summed E-state index contributed by atoms with van der Waals surface area (Å²) in [6, 6.07) is 0. The summed E-state index contributed by atoms with van der Waals surface area (Å²) >= 11 is 0. The summed E-state index contributed by atoms with van der Waals surface area (Å²) in [5.41, 5.74) is 2.49. The normalized spacial score (nSPS) is 11.1. The molecule has 0 rings (SSSR count). The third-order valence-corrected chi connectivity index (χ3v) is 2.83. The number of carbonyl (C=O) groups is 1. The number of allylic oxidation sites excluding steroid dienone is 4. The van der Waals surface area contributed by atoms with Crippen LogP contribution in [-0.4, -0.2) is 47.1 Å². The van der Waals surface area contributed by atoms with Crippen LogP contribution in [0.25, 0.3) is 0 Å². The maximum Gasteiger partial charge on any atom is 0.275 e. The molecule has 0 aliphatic rings. The van der Waals surface area contributed by atoms with Crippen LogP contribution in [0.1, 0.15) is 74.1 Å². The largest absolute Gasteiger partial charge is 0.353 e. The van der Waals surface area contributed by atoms with Crippen molar-refractivity contribution in [3.05, 3.63) is 23.3 Å². The van der Waals surface area contributed by atoms with Gasteiger partial charge in [-0.25, -0.2) is 0 Å². The SMILES string of the molecule is CC(C)=CCCC(C)=CC=O.CCCC(O)(O)O.CCOC(C)OCC. The molecule has 0 atom stereocenters. The van der Waals surface area contributed by atoms with Crippen LogP contribution in [0.15, 0.2) is 23.3 Å². The Morgan fingerprint density at radius 1 is 1.04 bits per heavy atom. The Hall–Kier alpha value is -1.05. The smallest absolute Gasteiger partial charge is 0.275 e. The molecular weight excluding hydrogens is 336 g/mol. The van der Waals surface area contributed by atoms with Crippen molar-refractivity contribution in [3.8, 4) is 0 Å². The minimum Gasteiger partial charge on any atom is -0.353 e. The molecule has 0 saturated heterocycles. The molecule has 26 heavy (non-hydrogen) atoms. The van der Waals surface area contributed by atoms with Gasteiger partial charge in [-0.3, -0.25) is 4.79 Å². The van der Waals surface area contributed by atoms with Crippen molar-refractivity contribution >= 4 is 6.29 Å². The Bertz CT molecular complexity index is 359. The molecular formula is C20H40O6. The minimum absolute atomic E-state index is 0.00694. The first-order valence-corrected chi connectivity index (χ1v) is 9.18. The number of ether oxygens (including phenoxy) is 2. The highest BCUT2D eigenvalue weighted by Crippen LogP contribution is 2.05. The van der Waals surface area contributed by atoms with Crippen molar-refractivity contribution in [2.24, 2.45) is 0 Å². The van der Waals surface area contributed by atoms with Gasteiger partial charge >= 0.3 is 0 Å². The van der Waals surface area contributed by atoms with E-state index in [0.717, 1.165) is 37.9 Å². The molecule has 0 spiro atoms. The van der Waals surface area contributed by atoms with Gasteiger partial charge < -0.3 is 24.8 Å². The molecule has 0 amide bonds. The van der Waals surface area contributed by atoms with Crippen LogP contribution in [0, 0.1) is 0 Å². The molecule has 0 radical (unpaired) electrons. The maximum absolute atomic E-state index is 10.0. The van der Waals surface area contributed by atoms with Crippen LogP contribution in [-0.2, 0) is 14.3 Å². The Morgan fingerprint density at radius 3 is 1.81 bits per heavy atom. The van der Waals surface area contributed by atoms with Gasteiger partial charge in [-0.05, 0) is 66.9 Å². The zero-order valence-corrected chi connectivity index (χ0v) is 17.6. The first kappa shape index (κ1) is 29.7. The maximum atomic E-state index is 10.0. The predicted octanol–water partition coefficient (Wildman–Crippen LogP) is 3.70. The molecule has 3 N–H and O–H groups in total. The van der Waals surface area contributed by atoms with Crippen LogP contribution in [0.5, 0.6) is 0 Å². The van der Waals surface area contributed by atoms with Crippen LogP contribution >= 0.6 is 0 Å². The zero-order valence-electron chi connectivity index (χ0n) is 17.6. The molecule has 0 bridgehead atoms. The van der Waals surface area contributed by atoms with E-state index in [1.54, 1.807) is 13.0 Å². The van der Waals surface area contributed by atoms with Gasteiger partial charge in [0.15, 0.2) is 6.29 Å². The molecule has 0 aromatic carbocycles. The molecule has 156 valence electrons. The lowest BCUT2D eigenvalue weighted by Crippen LogP contribution is -2.26. The number of aldehydes is 1. The quantitative estimate of drug-likeness (QED) is 0.233. The van der Waals surface area contributed by atoms with Gasteiger partial charge in [0.1, 0.15) is 6.29 Å². The van der Waals surface area contributed by atoms with Gasteiger partial charge in [-0.15, -0.1) is 0 Å². The van der Waals surface area contributed by atoms with Gasteiger partial charge in [-0.2, -0.15) is 0 Å². The number of aliphatic hydroxyl groups is 3. The predicted molar refractivity (Wildman–Crippen MR) is 105 cm³/mol. The van der Waals surface area contributed by atoms with Crippen LogP contribution in [0.4, 0.5) is 0 Å². The van der Waals surface area contributed by atoms with E-state index in [2.05, 4.69) is 19.9 Å². The summed E-state index contributed by atoms with van der Waals surface area (Å²) in [5.74, 6) is -2.45. The lowest BCUT2D eigenvalue weighted by atomic mass is 10.1. The van der Waals surface area contributed by atoms with E-state index in [4.69, 9.17) is 24.8 Å². The van der Waals surface area contributed by atoms with Crippen molar-refractivity contribution < 1.29 is 29.6 Å². The van der Waals surface area contributed by atoms with Crippen molar-refractivity contribution in [2.45, 2.75) is 86.4 Å². The lowest BCUT2D eigenvalue weighted by Gasteiger charge is -2.10. The monoisotopic (exact) mass is 376 g/mol.